The van der Waals surface area contributed by atoms with Crippen LogP contribution in [0.3, 0.4) is 0 Å². The van der Waals surface area contributed by atoms with Crippen molar-refractivity contribution in [2.24, 2.45) is 11.8 Å². The fraction of sp³-hybridized carbons (Fsp3) is 0.750. The van der Waals surface area contributed by atoms with Crippen LogP contribution in [0.25, 0.3) is 0 Å². The first-order valence-electron chi connectivity index (χ1n) is 7.64. The average molecular weight is 327 g/mol. The van der Waals surface area contributed by atoms with Crippen molar-refractivity contribution in [3.05, 3.63) is 0 Å². The molecule has 0 aromatic rings. The molecule has 1 saturated heterocycles. The van der Waals surface area contributed by atoms with E-state index >= 15 is 0 Å². The Balaban J connectivity index is 3.00. The Morgan fingerprint density at radius 2 is 1.83 bits per heavy atom. The third-order valence-corrected chi connectivity index (χ3v) is 3.35. The van der Waals surface area contributed by atoms with Gasteiger partial charge in [-0.1, -0.05) is 13.8 Å². The van der Waals surface area contributed by atoms with E-state index in [1.165, 1.54) is 7.11 Å². The number of hydrogen-bond acceptors (Lipinski definition) is 6. The van der Waals surface area contributed by atoms with Crippen LogP contribution in [0.4, 0.5) is 0 Å². The van der Waals surface area contributed by atoms with E-state index in [0.29, 0.717) is 0 Å². The van der Waals surface area contributed by atoms with E-state index in [0.717, 1.165) is 4.90 Å². The molecule has 0 spiro atoms. The maximum atomic E-state index is 12.5. The van der Waals surface area contributed by atoms with Crippen LogP contribution in [0.2, 0.25) is 0 Å². The minimum Gasteiger partial charge on any atom is -0.467 e. The molecule has 1 aliphatic rings. The zero-order valence-electron chi connectivity index (χ0n) is 14.5. The Labute approximate surface area is 136 Å². The molecule has 2 amide bonds. The molecule has 0 aliphatic carbocycles. The van der Waals surface area contributed by atoms with Crippen LogP contribution in [0.15, 0.2) is 0 Å². The van der Waals surface area contributed by atoms with Crippen molar-refractivity contribution >= 4 is 23.8 Å². The van der Waals surface area contributed by atoms with E-state index in [-0.39, 0.29) is 18.8 Å². The monoisotopic (exact) mass is 327 g/mol. The third-order valence-electron chi connectivity index (χ3n) is 3.35. The molecule has 0 saturated carbocycles. The molecule has 0 bridgehead atoms. The SMILES string of the molecule is COC(=O)[C@H](CC(C)C)N1C(=O)C[C@H](C(=O)OC(C)(C)C)C1=O. The molecule has 1 rings (SSSR count). The van der Waals surface area contributed by atoms with Crippen LogP contribution in [0.1, 0.15) is 47.5 Å². The molecule has 0 aromatic carbocycles. The van der Waals surface area contributed by atoms with Crippen LogP contribution >= 0.6 is 0 Å². The van der Waals surface area contributed by atoms with Gasteiger partial charge in [-0.2, -0.15) is 0 Å². The van der Waals surface area contributed by atoms with Gasteiger partial charge in [0.15, 0.2) is 0 Å². The summed E-state index contributed by atoms with van der Waals surface area (Å²) in [6.07, 6.45) is 0.00449. The second kappa shape index (κ2) is 7.10. The highest BCUT2D eigenvalue weighted by atomic mass is 16.6. The number of ether oxygens (including phenoxy) is 2. The fourth-order valence-electron chi connectivity index (χ4n) is 2.43. The second-order valence-electron chi connectivity index (χ2n) is 7.06. The topological polar surface area (TPSA) is 90.0 Å². The lowest BCUT2D eigenvalue weighted by atomic mass is 10.0. The lowest BCUT2D eigenvalue weighted by Crippen LogP contribution is -2.47. The minimum atomic E-state index is -1.19. The number of rotatable bonds is 5. The van der Waals surface area contributed by atoms with Crippen LogP contribution in [-0.2, 0) is 28.7 Å². The number of imide groups is 1. The minimum absolute atomic E-state index is 0.0697. The lowest BCUT2D eigenvalue weighted by molar-refractivity contribution is -0.164. The standard InChI is InChI=1S/C16H25NO6/c1-9(2)7-11(15(21)22-6)17-12(18)8-10(13(17)19)14(20)23-16(3,4)5/h9-11H,7-8H2,1-6H3/t10-,11-/m0/s1. The van der Waals surface area contributed by atoms with Gasteiger partial charge in [-0.05, 0) is 33.1 Å². The van der Waals surface area contributed by atoms with Crippen molar-refractivity contribution in [3.8, 4) is 0 Å². The quantitative estimate of drug-likeness (QED) is 0.429. The van der Waals surface area contributed by atoms with Crippen LogP contribution in [0, 0.1) is 11.8 Å². The van der Waals surface area contributed by atoms with Gasteiger partial charge in [-0.3, -0.25) is 19.3 Å². The third kappa shape index (κ3) is 4.77. The highest BCUT2D eigenvalue weighted by Gasteiger charge is 2.49. The van der Waals surface area contributed by atoms with Crippen LogP contribution in [-0.4, -0.2) is 47.4 Å². The summed E-state index contributed by atoms with van der Waals surface area (Å²) in [5, 5.41) is 0. The lowest BCUT2D eigenvalue weighted by Gasteiger charge is -2.26. The highest BCUT2D eigenvalue weighted by molar-refractivity contribution is 6.14. The zero-order valence-corrected chi connectivity index (χ0v) is 14.5. The fourth-order valence-corrected chi connectivity index (χ4v) is 2.43. The first kappa shape index (κ1) is 19.1. The molecule has 7 heteroatoms. The van der Waals surface area contributed by atoms with Crippen molar-refractivity contribution in [2.75, 3.05) is 7.11 Å². The molecule has 1 fully saturated rings. The first-order chi connectivity index (χ1) is 10.5. The Hall–Kier alpha value is -1.92. The number of likely N-dealkylation sites (tertiary alicyclic amines) is 1. The number of amides is 2. The van der Waals surface area contributed by atoms with E-state index in [4.69, 9.17) is 9.47 Å². The van der Waals surface area contributed by atoms with E-state index < -0.39 is 41.3 Å². The molecule has 0 aromatic heterocycles. The summed E-state index contributed by atoms with van der Waals surface area (Å²) in [4.78, 5) is 49.6. The van der Waals surface area contributed by atoms with Gasteiger partial charge < -0.3 is 9.47 Å². The molecule has 7 nitrogen and oxygen atoms in total. The molecule has 1 aliphatic heterocycles. The number of methoxy groups -OCH3 is 1. The molecule has 23 heavy (non-hydrogen) atoms. The van der Waals surface area contributed by atoms with Crippen LogP contribution in [0.5, 0.6) is 0 Å². The number of hydrogen-bond donors (Lipinski definition) is 0. The van der Waals surface area contributed by atoms with Crippen molar-refractivity contribution < 1.29 is 28.7 Å². The van der Waals surface area contributed by atoms with Gasteiger partial charge in [0.2, 0.25) is 11.8 Å². The smallest absolute Gasteiger partial charge is 0.329 e. The molecule has 1 heterocycles. The highest BCUT2D eigenvalue weighted by Crippen LogP contribution is 2.27. The summed E-state index contributed by atoms with van der Waals surface area (Å²) in [6, 6.07) is -1.01. The van der Waals surface area contributed by atoms with E-state index in [9.17, 15) is 19.2 Å². The maximum Gasteiger partial charge on any atom is 0.329 e. The Kier molecular flexibility index (Phi) is 5.91. The zero-order chi connectivity index (χ0) is 17.9. The summed E-state index contributed by atoms with van der Waals surface area (Å²) >= 11 is 0. The van der Waals surface area contributed by atoms with Crippen molar-refractivity contribution in [2.45, 2.75) is 59.1 Å². The van der Waals surface area contributed by atoms with Gasteiger partial charge in [-0.25, -0.2) is 4.79 Å². The molecule has 0 radical (unpaired) electrons. The number of carbonyl (C=O) groups is 4. The summed E-state index contributed by atoms with van der Waals surface area (Å²) < 4.78 is 9.88. The number of nitrogens with zero attached hydrogens (tertiary/aromatic N) is 1. The summed E-state index contributed by atoms with van der Waals surface area (Å²) in [5.74, 6) is -3.78. The van der Waals surface area contributed by atoms with E-state index in [1.807, 2.05) is 13.8 Å². The summed E-state index contributed by atoms with van der Waals surface area (Å²) in [6.45, 7) is 8.78. The maximum absolute atomic E-state index is 12.5. The van der Waals surface area contributed by atoms with Gasteiger partial charge in [-0.15, -0.1) is 0 Å². The Morgan fingerprint density at radius 3 is 2.26 bits per heavy atom. The Morgan fingerprint density at radius 1 is 1.26 bits per heavy atom. The van der Waals surface area contributed by atoms with Crippen molar-refractivity contribution in [1.82, 2.24) is 4.90 Å². The largest absolute Gasteiger partial charge is 0.467 e. The molecular weight excluding hydrogens is 302 g/mol. The van der Waals surface area contributed by atoms with E-state index in [2.05, 4.69) is 0 Å². The van der Waals surface area contributed by atoms with Gasteiger partial charge in [0.1, 0.15) is 17.6 Å². The second-order valence-corrected chi connectivity index (χ2v) is 7.06. The predicted octanol–water partition coefficient (Wildman–Crippen LogP) is 1.29. The summed E-state index contributed by atoms with van der Waals surface area (Å²) in [5.41, 5.74) is -0.756. The average Bonchev–Trinajstić information content (AvgIpc) is 2.68. The Bertz CT molecular complexity index is 505. The van der Waals surface area contributed by atoms with Gasteiger partial charge in [0, 0.05) is 6.42 Å². The van der Waals surface area contributed by atoms with E-state index in [1.54, 1.807) is 20.8 Å². The first-order valence-corrected chi connectivity index (χ1v) is 7.64. The molecule has 2 atom stereocenters. The van der Waals surface area contributed by atoms with Gasteiger partial charge >= 0.3 is 11.9 Å². The number of carbonyl (C=O) groups excluding carboxylic acids is 4. The van der Waals surface area contributed by atoms with Crippen molar-refractivity contribution in [1.29, 1.82) is 0 Å². The molecule has 130 valence electrons. The molecular formula is C16H25NO6. The number of esters is 2. The van der Waals surface area contributed by atoms with Gasteiger partial charge in [0.25, 0.3) is 0 Å². The molecule has 0 unspecified atom stereocenters. The molecule has 0 N–H and O–H groups in total. The van der Waals surface area contributed by atoms with Gasteiger partial charge in [0.05, 0.1) is 7.11 Å². The normalized spacial score (nSPS) is 20.0. The van der Waals surface area contributed by atoms with Crippen molar-refractivity contribution in [3.63, 3.8) is 0 Å². The van der Waals surface area contributed by atoms with Crippen LogP contribution < -0.4 is 0 Å². The summed E-state index contributed by atoms with van der Waals surface area (Å²) in [7, 11) is 1.20. The predicted molar refractivity (Wildman–Crippen MR) is 81.1 cm³/mol.